The van der Waals surface area contributed by atoms with Gasteiger partial charge in [0.2, 0.25) is 5.88 Å². The number of aromatic nitrogens is 1. The van der Waals surface area contributed by atoms with E-state index >= 15 is 0 Å². The van der Waals surface area contributed by atoms with Gasteiger partial charge in [0.15, 0.2) is 0 Å². The fraction of sp³-hybridized carbons (Fsp3) is 0. The molecular weight excluding hydrogens is 275 g/mol. The Kier molecular flexibility index (Phi) is 3.52. The van der Waals surface area contributed by atoms with E-state index in [1.54, 1.807) is 0 Å². The molecule has 0 bridgehead atoms. The molecule has 5 nitrogen and oxygen atoms in total. The second-order valence-electron chi connectivity index (χ2n) is 3.59. The van der Waals surface area contributed by atoms with E-state index < -0.39 is 12.0 Å². The van der Waals surface area contributed by atoms with E-state index in [4.69, 9.17) is 22.4 Å². The van der Waals surface area contributed by atoms with E-state index in [2.05, 4.69) is 9.72 Å². The molecule has 2 aromatic rings. The van der Waals surface area contributed by atoms with Crippen LogP contribution in [0.4, 0.5) is 14.9 Å². The molecule has 0 spiro atoms. The van der Waals surface area contributed by atoms with Crippen molar-refractivity contribution in [2.45, 2.75) is 0 Å². The smallest absolute Gasteiger partial charge is 0.449 e. The number of nitrogens with zero attached hydrogens (tertiary/aromatic N) is 1. The van der Waals surface area contributed by atoms with Crippen molar-refractivity contribution in [3.05, 3.63) is 41.2 Å². The van der Waals surface area contributed by atoms with Crippen molar-refractivity contribution >= 4 is 23.4 Å². The first-order chi connectivity index (χ1) is 8.97. The van der Waals surface area contributed by atoms with Crippen LogP contribution in [0, 0.1) is 5.82 Å². The van der Waals surface area contributed by atoms with Crippen molar-refractivity contribution in [2.75, 3.05) is 5.73 Å². The van der Waals surface area contributed by atoms with Crippen LogP contribution in [0.25, 0.3) is 11.3 Å². The first kappa shape index (κ1) is 13.1. The first-order valence-corrected chi connectivity index (χ1v) is 5.48. The van der Waals surface area contributed by atoms with Crippen LogP contribution in [0.5, 0.6) is 5.88 Å². The first-order valence-electron chi connectivity index (χ1n) is 5.10. The van der Waals surface area contributed by atoms with Crippen molar-refractivity contribution < 1.29 is 19.0 Å². The molecule has 0 saturated heterocycles. The van der Waals surface area contributed by atoms with Crippen LogP contribution in [0.2, 0.25) is 5.02 Å². The van der Waals surface area contributed by atoms with Crippen molar-refractivity contribution in [1.82, 2.24) is 4.98 Å². The zero-order valence-corrected chi connectivity index (χ0v) is 10.2. The Morgan fingerprint density at radius 1 is 1.37 bits per heavy atom. The molecule has 0 fully saturated rings. The zero-order chi connectivity index (χ0) is 14.0. The largest absolute Gasteiger partial charge is 0.512 e. The van der Waals surface area contributed by atoms with Gasteiger partial charge in [0.1, 0.15) is 10.8 Å². The maximum absolute atomic E-state index is 12.8. The molecule has 0 aliphatic carbocycles. The number of carbonyl (C=O) groups is 1. The van der Waals surface area contributed by atoms with Gasteiger partial charge in [-0.05, 0) is 30.3 Å². The van der Waals surface area contributed by atoms with Crippen LogP contribution in [-0.4, -0.2) is 16.2 Å². The minimum absolute atomic E-state index is 0.0896. The van der Waals surface area contributed by atoms with E-state index in [1.807, 2.05) is 0 Å². The molecule has 0 saturated carbocycles. The summed E-state index contributed by atoms with van der Waals surface area (Å²) in [5.74, 6) is -0.707. The number of nitrogen functional groups attached to an aromatic ring is 1. The summed E-state index contributed by atoms with van der Waals surface area (Å²) in [6.07, 6.45) is -1.55. The maximum Gasteiger partial charge on any atom is 0.512 e. The van der Waals surface area contributed by atoms with E-state index in [1.165, 1.54) is 30.3 Å². The number of ether oxygens (including phenoxy) is 1. The Bertz CT molecular complexity index is 632. The average molecular weight is 283 g/mol. The third-order valence-corrected chi connectivity index (χ3v) is 2.66. The fourth-order valence-electron chi connectivity index (χ4n) is 1.44. The highest BCUT2D eigenvalue weighted by molar-refractivity contribution is 6.34. The lowest BCUT2D eigenvalue weighted by Crippen LogP contribution is -2.06. The molecule has 98 valence electrons. The molecule has 19 heavy (non-hydrogen) atoms. The highest BCUT2D eigenvalue weighted by atomic mass is 35.5. The second-order valence-corrected chi connectivity index (χ2v) is 3.97. The molecule has 1 heterocycles. The topological polar surface area (TPSA) is 85.4 Å². The summed E-state index contributed by atoms with van der Waals surface area (Å²) in [7, 11) is 0. The molecule has 0 radical (unpaired) electrons. The number of halogens is 2. The summed E-state index contributed by atoms with van der Waals surface area (Å²) in [4.78, 5) is 14.4. The van der Waals surface area contributed by atoms with Gasteiger partial charge in [0.05, 0.1) is 11.4 Å². The minimum Gasteiger partial charge on any atom is -0.449 e. The van der Waals surface area contributed by atoms with E-state index in [0.717, 1.165) is 0 Å². The Hall–Kier alpha value is -2.34. The molecule has 0 aliphatic rings. The highest BCUT2D eigenvalue weighted by Crippen LogP contribution is 2.32. The Morgan fingerprint density at radius 3 is 2.58 bits per heavy atom. The summed E-state index contributed by atoms with van der Waals surface area (Å²) in [5.41, 5.74) is 6.65. The van der Waals surface area contributed by atoms with Gasteiger partial charge in [-0.15, -0.1) is 0 Å². The molecule has 3 N–H and O–H groups in total. The van der Waals surface area contributed by atoms with Gasteiger partial charge in [-0.25, -0.2) is 14.2 Å². The second kappa shape index (κ2) is 5.11. The number of hydrogen-bond donors (Lipinski definition) is 2. The van der Waals surface area contributed by atoms with E-state index in [-0.39, 0.29) is 16.6 Å². The molecule has 2 rings (SSSR count). The van der Waals surface area contributed by atoms with Crippen LogP contribution in [0.1, 0.15) is 0 Å². The van der Waals surface area contributed by atoms with Gasteiger partial charge in [0.25, 0.3) is 0 Å². The summed E-state index contributed by atoms with van der Waals surface area (Å²) in [6.45, 7) is 0. The summed E-state index contributed by atoms with van der Waals surface area (Å²) < 4.78 is 17.3. The fourth-order valence-corrected chi connectivity index (χ4v) is 1.58. The Labute approximate surface area is 112 Å². The number of nitrogens with two attached hydrogens (primary N) is 1. The van der Waals surface area contributed by atoms with Crippen LogP contribution < -0.4 is 10.5 Å². The van der Waals surface area contributed by atoms with Gasteiger partial charge in [-0.3, -0.25) is 0 Å². The normalized spacial score (nSPS) is 10.2. The molecular formula is C12H8ClFN2O3. The van der Waals surface area contributed by atoms with Crippen LogP contribution >= 0.6 is 11.6 Å². The highest BCUT2D eigenvalue weighted by Gasteiger charge is 2.14. The molecule has 0 atom stereocenters. The maximum atomic E-state index is 12.8. The van der Waals surface area contributed by atoms with Gasteiger partial charge < -0.3 is 15.6 Å². The minimum atomic E-state index is -1.55. The lowest BCUT2D eigenvalue weighted by atomic mass is 10.1. The number of rotatable bonds is 2. The number of carboxylic acid groups (broad SMARTS) is 1. The number of pyridine rings is 1. The predicted octanol–water partition coefficient (Wildman–Crippen LogP) is 3.18. The number of hydrogen-bond acceptors (Lipinski definition) is 4. The van der Waals surface area contributed by atoms with Crippen LogP contribution in [0.3, 0.4) is 0 Å². The van der Waals surface area contributed by atoms with Gasteiger partial charge in [-0.1, -0.05) is 11.6 Å². The van der Waals surface area contributed by atoms with E-state index in [0.29, 0.717) is 11.3 Å². The third kappa shape index (κ3) is 2.92. The molecule has 0 aliphatic heterocycles. The van der Waals surface area contributed by atoms with Crippen LogP contribution in [-0.2, 0) is 0 Å². The summed E-state index contributed by atoms with van der Waals surface area (Å²) in [5, 5.41) is 8.48. The number of anilines is 1. The van der Waals surface area contributed by atoms with Crippen molar-refractivity contribution in [3.63, 3.8) is 0 Å². The molecule has 0 unspecified atom stereocenters. The lowest BCUT2D eigenvalue weighted by molar-refractivity contribution is 0.142. The average Bonchev–Trinajstić information content (AvgIpc) is 2.35. The van der Waals surface area contributed by atoms with E-state index in [9.17, 15) is 9.18 Å². The molecule has 1 aromatic carbocycles. The summed E-state index contributed by atoms with van der Waals surface area (Å²) >= 11 is 5.79. The predicted molar refractivity (Wildman–Crippen MR) is 67.7 cm³/mol. The monoisotopic (exact) mass is 282 g/mol. The van der Waals surface area contributed by atoms with Crippen molar-refractivity contribution in [2.24, 2.45) is 0 Å². The standard InChI is InChI=1S/C12H8ClFN2O3/c13-10-8(15)5-9(16-11(10)19-12(17)18)6-1-3-7(14)4-2-6/h1-5H,(H2,15,16)(H,17,18). The van der Waals surface area contributed by atoms with Crippen molar-refractivity contribution in [3.8, 4) is 17.1 Å². The van der Waals surface area contributed by atoms with Crippen molar-refractivity contribution in [1.29, 1.82) is 0 Å². The van der Waals surface area contributed by atoms with Gasteiger partial charge >= 0.3 is 6.16 Å². The molecule has 1 aromatic heterocycles. The zero-order valence-electron chi connectivity index (χ0n) is 9.43. The lowest BCUT2D eigenvalue weighted by Gasteiger charge is -2.08. The third-order valence-electron chi connectivity index (χ3n) is 2.28. The molecule has 0 amide bonds. The SMILES string of the molecule is Nc1cc(-c2ccc(F)cc2)nc(OC(=O)O)c1Cl. The quantitative estimate of drug-likeness (QED) is 0.826. The number of benzene rings is 1. The van der Waals surface area contributed by atoms with Crippen LogP contribution in [0.15, 0.2) is 30.3 Å². The molecule has 7 heteroatoms. The summed E-state index contributed by atoms with van der Waals surface area (Å²) in [6, 6.07) is 6.91. The van der Waals surface area contributed by atoms with Gasteiger partial charge in [0, 0.05) is 5.56 Å². The Balaban J connectivity index is 2.49. The van der Waals surface area contributed by atoms with Gasteiger partial charge in [-0.2, -0.15) is 0 Å². The Morgan fingerprint density at radius 2 is 2.00 bits per heavy atom.